The largest absolute Gasteiger partial charge is 0.468 e. The fourth-order valence-electron chi connectivity index (χ4n) is 1.54. The van der Waals surface area contributed by atoms with Gasteiger partial charge in [-0.25, -0.2) is 9.69 Å². The van der Waals surface area contributed by atoms with E-state index >= 15 is 0 Å². The number of nitrogens with zero attached hydrogens (tertiary/aromatic N) is 5. The van der Waals surface area contributed by atoms with Gasteiger partial charge >= 0.3 is 6.18 Å². The van der Waals surface area contributed by atoms with Crippen molar-refractivity contribution in [1.29, 1.82) is 0 Å². The monoisotopic (exact) mass is 337 g/mol. The molecule has 1 heterocycles. The molecular weight excluding hydrogens is 323 g/mol. The van der Waals surface area contributed by atoms with E-state index in [-0.39, 0.29) is 11.8 Å². The van der Waals surface area contributed by atoms with Gasteiger partial charge in [-0.15, -0.1) is 21.8 Å². The van der Waals surface area contributed by atoms with Gasteiger partial charge in [0.15, 0.2) is 18.3 Å². The van der Waals surface area contributed by atoms with Crippen LogP contribution in [0.4, 0.5) is 13.2 Å². The van der Waals surface area contributed by atoms with E-state index in [1.807, 2.05) is 0 Å². The molecule has 122 valence electrons. The smallest absolute Gasteiger partial charge is 0.422 e. The van der Waals surface area contributed by atoms with Crippen LogP contribution in [0.15, 0.2) is 29.6 Å². The average Bonchev–Trinajstić information content (AvgIpc) is 2.85. The minimum atomic E-state index is -4.46. The van der Waals surface area contributed by atoms with Gasteiger partial charge in [0, 0.05) is 14.1 Å². The molecule has 0 amide bonds. The number of hydrogen-bond donors (Lipinski definition) is 0. The van der Waals surface area contributed by atoms with E-state index < -0.39 is 12.8 Å². The molecule has 0 spiro atoms. The number of allylic oxidation sites excluding steroid dienone is 2. The van der Waals surface area contributed by atoms with Crippen LogP contribution < -0.4 is 5.01 Å². The van der Waals surface area contributed by atoms with Crippen LogP contribution in [0.3, 0.4) is 0 Å². The van der Waals surface area contributed by atoms with Gasteiger partial charge in [-0.1, -0.05) is 12.7 Å². The van der Waals surface area contributed by atoms with Crippen molar-refractivity contribution in [3.63, 3.8) is 0 Å². The second-order valence-corrected chi connectivity index (χ2v) is 4.24. The zero-order valence-corrected chi connectivity index (χ0v) is 12.8. The zero-order chi connectivity index (χ0) is 16.8. The molecular formula is C12H15ClF3N5O. The molecule has 1 rings (SSSR count). The molecule has 1 aromatic heterocycles. The molecule has 0 saturated carbocycles. The molecule has 0 aliphatic heterocycles. The molecule has 0 saturated heterocycles. The quantitative estimate of drug-likeness (QED) is 0.331. The van der Waals surface area contributed by atoms with Crippen molar-refractivity contribution in [2.75, 3.05) is 25.7 Å². The molecule has 1 aromatic rings. The molecule has 0 fully saturated rings. The lowest BCUT2D eigenvalue weighted by Crippen LogP contribution is -2.35. The number of halogens is 4. The van der Waals surface area contributed by atoms with Crippen molar-refractivity contribution in [3.8, 4) is 0 Å². The second-order valence-electron chi connectivity index (χ2n) is 3.98. The summed E-state index contributed by atoms with van der Waals surface area (Å²) >= 11 is 5.77. The Kier molecular flexibility index (Phi) is 6.41. The zero-order valence-electron chi connectivity index (χ0n) is 12.0. The lowest BCUT2D eigenvalue weighted by atomic mass is 10.5. The molecule has 0 aliphatic rings. The normalized spacial score (nSPS) is 12.7. The standard InChI is InChI=1S/C12H15ClF3N5O/c1-4-5-11(22-8-12(14,15)16)20(3)21-9(6-13)18-19-10(21)7-17-2/h4-5,7H,1,6,8H2,2-3H3/b11-5+,17-7?. The van der Waals surface area contributed by atoms with Crippen LogP contribution >= 0.6 is 11.6 Å². The van der Waals surface area contributed by atoms with Gasteiger partial charge in [-0.3, -0.25) is 4.99 Å². The Bertz CT molecular complexity index is 568. The Balaban J connectivity index is 3.14. The Morgan fingerprint density at radius 3 is 2.68 bits per heavy atom. The minimum absolute atomic E-state index is 0.00946. The number of ether oxygens (including phenoxy) is 1. The summed E-state index contributed by atoms with van der Waals surface area (Å²) in [6.07, 6.45) is -0.469. The fraction of sp³-hybridized carbons (Fsp3) is 0.417. The number of alkyl halides is 4. The summed E-state index contributed by atoms with van der Waals surface area (Å²) in [6.45, 7) is 2.01. The Morgan fingerprint density at radius 2 is 2.18 bits per heavy atom. The molecule has 6 nitrogen and oxygen atoms in total. The molecule has 22 heavy (non-hydrogen) atoms. The SMILES string of the molecule is C=C/C=C(/OCC(F)(F)F)N(C)n1c(C=NC)nnc1CCl. The molecule has 0 radical (unpaired) electrons. The molecule has 0 aliphatic carbocycles. The number of aromatic nitrogens is 3. The van der Waals surface area contributed by atoms with E-state index in [2.05, 4.69) is 21.8 Å². The maximum atomic E-state index is 12.3. The van der Waals surface area contributed by atoms with Crippen molar-refractivity contribution in [1.82, 2.24) is 14.9 Å². The van der Waals surface area contributed by atoms with Crippen LogP contribution in [0.5, 0.6) is 0 Å². The van der Waals surface area contributed by atoms with Crippen LogP contribution in [0.1, 0.15) is 11.6 Å². The molecule has 10 heteroatoms. The van der Waals surface area contributed by atoms with Crippen LogP contribution in [0.2, 0.25) is 0 Å². The average molecular weight is 338 g/mol. The second kappa shape index (κ2) is 7.83. The van der Waals surface area contributed by atoms with Gasteiger partial charge in [0.05, 0.1) is 12.1 Å². The van der Waals surface area contributed by atoms with Crippen LogP contribution in [0, 0.1) is 0 Å². The fourth-order valence-corrected chi connectivity index (χ4v) is 1.70. The van der Waals surface area contributed by atoms with E-state index in [0.717, 1.165) is 0 Å². The van der Waals surface area contributed by atoms with Gasteiger partial charge in [0.1, 0.15) is 0 Å². The molecule has 0 unspecified atom stereocenters. The summed E-state index contributed by atoms with van der Waals surface area (Å²) in [4.78, 5) is 3.81. The summed E-state index contributed by atoms with van der Waals surface area (Å²) in [7, 11) is 3.01. The Morgan fingerprint density at radius 1 is 1.50 bits per heavy atom. The summed E-state index contributed by atoms with van der Waals surface area (Å²) in [5, 5.41) is 8.99. The molecule has 0 bridgehead atoms. The Hall–Kier alpha value is -2.03. The highest BCUT2D eigenvalue weighted by Gasteiger charge is 2.30. The maximum Gasteiger partial charge on any atom is 0.422 e. The lowest BCUT2D eigenvalue weighted by Gasteiger charge is -2.25. The summed E-state index contributed by atoms with van der Waals surface area (Å²) < 4.78 is 43.2. The molecule has 0 aromatic carbocycles. The van der Waals surface area contributed by atoms with Crippen LogP contribution in [0.25, 0.3) is 0 Å². The van der Waals surface area contributed by atoms with Crippen LogP contribution in [-0.2, 0) is 10.6 Å². The first-order valence-corrected chi connectivity index (χ1v) is 6.56. The predicted octanol–water partition coefficient (Wildman–Crippen LogP) is 2.24. The van der Waals surface area contributed by atoms with Gasteiger partial charge in [-0.2, -0.15) is 13.2 Å². The highest BCUT2D eigenvalue weighted by Crippen LogP contribution is 2.18. The summed E-state index contributed by atoms with van der Waals surface area (Å²) in [5.74, 6) is 0.537. The lowest BCUT2D eigenvalue weighted by molar-refractivity contribution is -0.165. The third-order valence-electron chi connectivity index (χ3n) is 2.36. The van der Waals surface area contributed by atoms with Crippen LogP contribution in [-0.4, -0.2) is 48.0 Å². The van der Waals surface area contributed by atoms with Gasteiger partial charge in [0.25, 0.3) is 0 Å². The highest BCUT2D eigenvalue weighted by atomic mass is 35.5. The third-order valence-corrected chi connectivity index (χ3v) is 2.60. The predicted molar refractivity (Wildman–Crippen MR) is 77.5 cm³/mol. The number of rotatable bonds is 7. The molecule has 0 N–H and O–H groups in total. The molecule has 0 atom stereocenters. The summed E-state index contributed by atoms with van der Waals surface area (Å²) in [5.41, 5.74) is 0. The van der Waals surface area contributed by atoms with Gasteiger partial charge < -0.3 is 4.74 Å². The topological polar surface area (TPSA) is 55.5 Å². The van der Waals surface area contributed by atoms with E-state index in [9.17, 15) is 13.2 Å². The number of aliphatic imine (C=N–C) groups is 1. The van der Waals surface area contributed by atoms with Gasteiger partial charge in [-0.05, 0) is 6.08 Å². The maximum absolute atomic E-state index is 12.3. The minimum Gasteiger partial charge on any atom is -0.468 e. The van der Waals surface area contributed by atoms with Crippen molar-refractivity contribution >= 4 is 17.8 Å². The first-order chi connectivity index (χ1) is 10.3. The highest BCUT2D eigenvalue weighted by molar-refractivity contribution is 6.16. The summed E-state index contributed by atoms with van der Waals surface area (Å²) in [6, 6.07) is 0. The van der Waals surface area contributed by atoms with Gasteiger partial charge in [0.2, 0.25) is 5.88 Å². The van der Waals surface area contributed by atoms with E-state index in [0.29, 0.717) is 11.6 Å². The van der Waals surface area contributed by atoms with Crippen molar-refractivity contribution < 1.29 is 17.9 Å². The van der Waals surface area contributed by atoms with E-state index in [4.69, 9.17) is 16.3 Å². The third kappa shape index (κ3) is 4.76. The first kappa shape index (κ1) is 18.0. The van der Waals surface area contributed by atoms with E-state index in [1.54, 1.807) is 0 Å². The van der Waals surface area contributed by atoms with Crippen molar-refractivity contribution in [2.24, 2.45) is 4.99 Å². The van der Waals surface area contributed by atoms with Crippen molar-refractivity contribution in [2.45, 2.75) is 12.1 Å². The Labute approximate surface area is 130 Å². The number of hydrogen-bond acceptors (Lipinski definition) is 5. The van der Waals surface area contributed by atoms with E-state index in [1.165, 1.54) is 42.1 Å². The van der Waals surface area contributed by atoms with Crippen molar-refractivity contribution in [3.05, 3.63) is 36.3 Å². The first-order valence-electron chi connectivity index (χ1n) is 6.02.